The number of ether oxygens (including phenoxy) is 1. The first-order chi connectivity index (χ1) is 12.3. The highest BCUT2D eigenvalue weighted by atomic mass is 28.1. The molecule has 0 N–H and O–H groups in total. The average molecular weight is 385 g/mol. The SMILES string of the molecule is CC([SiH3])C1CCC(C2CCC(c3ccc(OC(F)(F)F)cc3)CC2)CC1. The highest BCUT2D eigenvalue weighted by Crippen LogP contribution is 2.45. The van der Waals surface area contributed by atoms with Crippen LogP contribution >= 0.6 is 0 Å². The lowest BCUT2D eigenvalue weighted by Crippen LogP contribution is -2.26. The Morgan fingerprint density at radius 3 is 1.85 bits per heavy atom. The molecule has 146 valence electrons. The zero-order valence-corrected chi connectivity index (χ0v) is 17.9. The maximum atomic E-state index is 12.3. The summed E-state index contributed by atoms with van der Waals surface area (Å²) in [4.78, 5) is 0. The monoisotopic (exact) mass is 384 g/mol. The molecule has 2 aliphatic carbocycles. The summed E-state index contributed by atoms with van der Waals surface area (Å²) >= 11 is 0. The summed E-state index contributed by atoms with van der Waals surface area (Å²) in [5, 5.41) is 0. The Balaban J connectivity index is 1.48. The molecule has 1 nitrogen and oxygen atoms in total. The van der Waals surface area contributed by atoms with E-state index >= 15 is 0 Å². The van der Waals surface area contributed by atoms with E-state index in [9.17, 15) is 13.2 Å². The van der Waals surface area contributed by atoms with Crippen LogP contribution in [0.3, 0.4) is 0 Å². The Labute approximate surface area is 158 Å². The van der Waals surface area contributed by atoms with Gasteiger partial charge in [0.25, 0.3) is 0 Å². The first kappa shape index (κ1) is 19.8. The van der Waals surface area contributed by atoms with Gasteiger partial charge in [0.1, 0.15) is 5.75 Å². The van der Waals surface area contributed by atoms with Crippen molar-refractivity contribution in [1.29, 1.82) is 0 Å². The standard InChI is InChI=1S/C21H31F3OSi/c1-14(26)15-2-4-16(5-3-15)17-6-8-18(9-7-17)19-10-12-20(13-11-19)25-21(22,23)24/h10-18H,2-9H2,1,26H3. The number of alkyl halides is 3. The van der Waals surface area contributed by atoms with Gasteiger partial charge in [-0.1, -0.05) is 37.4 Å². The van der Waals surface area contributed by atoms with Gasteiger partial charge >= 0.3 is 6.36 Å². The molecule has 0 bridgehead atoms. The van der Waals surface area contributed by atoms with Crippen LogP contribution in [0.5, 0.6) is 5.75 Å². The lowest BCUT2D eigenvalue weighted by atomic mass is 9.68. The van der Waals surface area contributed by atoms with Crippen LogP contribution in [0.4, 0.5) is 13.2 Å². The summed E-state index contributed by atoms with van der Waals surface area (Å²) in [6, 6.07) is 6.52. The van der Waals surface area contributed by atoms with Gasteiger partial charge in [-0.3, -0.25) is 0 Å². The highest BCUT2D eigenvalue weighted by Gasteiger charge is 2.33. The Morgan fingerprint density at radius 1 is 0.885 bits per heavy atom. The Hall–Kier alpha value is -0.973. The zero-order valence-electron chi connectivity index (χ0n) is 15.9. The number of hydrogen-bond acceptors (Lipinski definition) is 1. The van der Waals surface area contributed by atoms with E-state index in [2.05, 4.69) is 11.7 Å². The molecule has 0 aliphatic heterocycles. The van der Waals surface area contributed by atoms with Gasteiger partial charge in [-0.05, 0) is 79.9 Å². The van der Waals surface area contributed by atoms with Crippen molar-refractivity contribution in [2.45, 2.75) is 76.1 Å². The molecule has 2 saturated carbocycles. The van der Waals surface area contributed by atoms with Gasteiger partial charge in [0.05, 0.1) is 0 Å². The fourth-order valence-corrected chi connectivity index (χ4v) is 5.82. The molecule has 0 radical (unpaired) electrons. The highest BCUT2D eigenvalue weighted by molar-refractivity contribution is 6.11. The van der Waals surface area contributed by atoms with Gasteiger partial charge in [0.15, 0.2) is 0 Å². The average Bonchev–Trinajstić information content (AvgIpc) is 2.61. The van der Waals surface area contributed by atoms with Gasteiger partial charge in [-0.2, -0.15) is 0 Å². The molecule has 0 amide bonds. The molecule has 1 atom stereocenters. The van der Waals surface area contributed by atoms with Gasteiger partial charge in [0.2, 0.25) is 0 Å². The van der Waals surface area contributed by atoms with Crippen molar-refractivity contribution in [1.82, 2.24) is 0 Å². The summed E-state index contributed by atoms with van der Waals surface area (Å²) in [6.07, 6.45) is 5.95. The molecule has 0 aromatic heterocycles. The number of halogens is 3. The molecule has 2 aliphatic rings. The van der Waals surface area contributed by atoms with Crippen molar-refractivity contribution >= 4 is 10.2 Å². The summed E-state index contributed by atoms with van der Waals surface area (Å²) in [5.41, 5.74) is 2.11. The number of rotatable bonds is 4. The predicted octanol–water partition coefficient (Wildman–Crippen LogP) is 5.84. The second-order valence-electron chi connectivity index (χ2n) is 8.65. The van der Waals surface area contributed by atoms with Crippen molar-refractivity contribution in [2.75, 3.05) is 0 Å². The van der Waals surface area contributed by atoms with Crippen LogP contribution < -0.4 is 4.74 Å². The van der Waals surface area contributed by atoms with E-state index in [4.69, 9.17) is 0 Å². The molecular formula is C21H31F3OSi. The molecule has 5 heteroatoms. The smallest absolute Gasteiger partial charge is 0.406 e. The summed E-state index contributed by atoms with van der Waals surface area (Å²) in [6.45, 7) is 2.41. The molecule has 0 heterocycles. The molecular weight excluding hydrogens is 353 g/mol. The van der Waals surface area contributed by atoms with Crippen LogP contribution in [0, 0.1) is 17.8 Å². The first-order valence-electron chi connectivity index (χ1n) is 10.2. The van der Waals surface area contributed by atoms with E-state index in [0.29, 0.717) is 5.92 Å². The first-order valence-corrected chi connectivity index (χ1v) is 11.3. The van der Waals surface area contributed by atoms with E-state index in [1.54, 1.807) is 0 Å². The predicted molar refractivity (Wildman–Crippen MR) is 103 cm³/mol. The molecule has 0 spiro atoms. The molecule has 1 aromatic rings. The maximum absolute atomic E-state index is 12.3. The van der Waals surface area contributed by atoms with E-state index in [0.717, 1.165) is 28.9 Å². The molecule has 26 heavy (non-hydrogen) atoms. The Bertz CT molecular complexity index is 554. The Kier molecular flexibility index (Phi) is 6.36. The quantitative estimate of drug-likeness (QED) is 0.593. The summed E-state index contributed by atoms with van der Waals surface area (Å²) in [5.74, 6) is 3.12. The van der Waals surface area contributed by atoms with Crippen molar-refractivity contribution < 1.29 is 17.9 Å². The van der Waals surface area contributed by atoms with Crippen LogP contribution in [0.2, 0.25) is 5.54 Å². The van der Waals surface area contributed by atoms with Gasteiger partial charge in [0, 0.05) is 10.2 Å². The van der Waals surface area contributed by atoms with Crippen molar-refractivity contribution in [3.63, 3.8) is 0 Å². The minimum atomic E-state index is -4.61. The maximum Gasteiger partial charge on any atom is 0.573 e. The minimum Gasteiger partial charge on any atom is -0.406 e. The van der Waals surface area contributed by atoms with Crippen molar-refractivity contribution in [3.8, 4) is 5.75 Å². The number of hydrogen-bond donors (Lipinski definition) is 0. The molecule has 3 rings (SSSR count). The van der Waals surface area contributed by atoms with E-state index < -0.39 is 6.36 Å². The second-order valence-corrected chi connectivity index (χ2v) is 10.5. The van der Waals surface area contributed by atoms with E-state index in [1.165, 1.54) is 73.7 Å². The van der Waals surface area contributed by atoms with Crippen molar-refractivity contribution in [2.24, 2.45) is 17.8 Å². The van der Waals surface area contributed by atoms with Crippen LogP contribution in [0.15, 0.2) is 24.3 Å². The second kappa shape index (κ2) is 8.36. The van der Waals surface area contributed by atoms with Gasteiger partial charge < -0.3 is 4.74 Å². The third-order valence-electron chi connectivity index (χ3n) is 6.78. The van der Waals surface area contributed by atoms with Gasteiger partial charge in [-0.15, -0.1) is 13.2 Å². The zero-order chi connectivity index (χ0) is 18.7. The van der Waals surface area contributed by atoms with E-state index in [1.807, 2.05) is 12.1 Å². The summed E-state index contributed by atoms with van der Waals surface area (Å²) in [7, 11) is 1.32. The third kappa shape index (κ3) is 5.27. The Morgan fingerprint density at radius 2 is 1.38 bits per heavy atom. The normalized spacial score (nSPS) is 31.5. The summed E-state index contributed by atoms with van der Waals surface area (Å²) < 4.78 is 40.8. The van der Waals surface area contributed by atoms with Crippen molar-refractivity contribution in [3.05, 3.63) is 29.8 Å². The molecule has 1 aromatic carbocycles. The van der Waals surface area contributed by atoms with Crippen LogP contribution in [-0.4, -0.2) is 16.6 Å². The fourth-order valence-electron chi connectivity index (χ4n) is 5.15. The molecule has 0 saturated heterocycles. The largest absolute Gasteiger partial charge is 0.573 e. The van der Waals surface area contributed by atoms with E-state index in [-0.39, 0.29) is 5.75 Å². The minimum absolute atomic E-state index is 0.125. The lowest BCUT2D eigenvalue weighted by molar-refractivity contribution is -0.274. The third-order valence-corrected chi connectivity index (χ3v) is 7.73. The van der Waals surface area contributed by atoms with Crippen LogP contribution in [-0.2, 0) is 0 Å². The fraction of sp³-hybridized carbons (Fsp3) is 0.714. The van der Waals surface area contributed by atoms with Crippen LogP contribution in [0.25, 0.3) is 0 Å². The topological polar surface area (TPSA) is 9.23 Å². The van der Waals surface area contributed by atoms with Crippen LogP contribution in [0.1, 0.15) is 69.8 Å². The number of benzene rings is 1. The van der Waals surface area contributed by atoms with Gasteiger partial charge in [-0.25, -0.2) is 0 Å². The lowest BCUT2D eigenvalue weighted by Gasteiger charge is -2.39. The molecule has 2 fully saturated rings. The molecule has 1 unspecified atom stereocenters.